The molecule has 0 atom stereocenters. The van der Waals surface area contributed by atoms with E-state index < -0.39 is 34.9 Å². The topological polar surface area (TPSA) is 108 Å². The van der Waals surface area contributed by atoms with Crippen LogP contribution in [-0.2, 0) is 19.6 Å². The minimum atomic E-state index is -3.82. The number of sulfonamides is 1. The number of hydrogen-bond donors (Lipinski definition) is 1. The van der Waals surface area contributed by atoms with Crippen LogP contribution in [0.15, 0.2) is 53.9 Å². The first kappa shape index (κ1) is 19.6. The maximum absolute atomic E-state index is 12.1. The molecule has 0 fully saturated rings. The van der Waals surface area contributed by atoms with Gasteiger partial charge < -0.3 is 14.2 Å². The summed E-state index contributed by atoms with van der Waals surface area (Å²) in [5.74, 6) is -0.342. The van der Waals surface area contributed by atoms with Crippen LogP contribution < -0.4 is 14.2 Å². The molecule has 3 rings (SSSR count). The Hall–Kier alpha value is -3.17. The third-order valence-electron chi connectivity index (χ3n) is 3.72. The number of ketones is 1. The van der Waals surface area contributed by atoms with Gasteiger partial charge in [0.1, 0.15) is 6.54 Å². The summed E-state index contributed by atoms with van der Waals surface area (Å²) in [6, 6.07) is 13.4. The fourth-order valence-corrected chi connectivity index (χ4v) is 3.04. The molecule has 0 amide bonds. The number of Topliss-reactive ketones (excluding diaryl/α,β-unsaturated/α-hetero) is 1. The van der Waals surface area contributed by atoms with Gasteiger partial charge in [0.05, 0.1) is 0 Å². The van der Waals surface area contributed by atoms with E-state index >= 15 is 0 Å². The van der Waals surface area contributed by atoms with Crippen molar-refractivity contribution in [3.05, 3.63) is 65.1 Å². The number of nitrogens with one attached hydrogen (secondary N) is 1. The molecule has 1 aliphatic heterocycles. The second kappa shape index (κ2) is 8.68. The third kappa shape index (κ3) is 5.41. The molecule has 0 aromatic heterocycles. The van der Waals surface area contributed by atoms with Crippen LogP contribution in [-0.4, -0.2) is 40.1 Å². The van der Waals surface area contributed by atoms with Gasteiger partial charge in [-0.2, -0.15) is 0 Å². The van der Waals surface area contributed by atoms with Crippen molar-refractivity contribution < 1.29 is 32.2 Å². The predicted molar refractivity (Wildman–Crippen MR) is 100 cm³/mol. The van der Waals surface area contributed by atoms with Gasteiger partial charge in [-0.25, -0.2) is 13.1 Å². The first-order chi connectivity index (χ1) is 13.4. The number of ether oxygens (including phenoxy) is 3. The van der Waals surface area contributed by atoms with Gasteiger partial charge in [-0.05, 0) is 29.8 Å². The third-order valence-corrected chi connectivity index (χ3v) is 4.76. The first-order valence-corrected chi connectivity index (χ1v) is 9.79. The van der Waals surface area contributed by atoms with Crippen molar-refractivity contribution >= 4 is 27.9 Å². The number of benzene rings is 2. The van der Waals surface area contributed by atoms with E-state index in [-0.39, 0.29) is 6.79 Å². The fourth-order valence-electron chi connectivity index (χ4n) is 2.29. The van der Waals surface area contributed by atoms with Crippen LogP contribution in [0.2, 0.25) is 0 Å². The largest absolute Gasteiger partial charge is 0.456 e. The zero-order chi connectivity index (χ0) is 20.0. The Morgan fingerprint density at radius 2 is 1.82 bits per heavy atom. The summed E-state index contributed by atoms with van der Waals surface area (Å²) in [6.07, 6.45) is 1.40. The van der Waals surface area contributed by atoms with Crippen molar-refractivity contribution in [1.29, 1.82) is 0 Å². The molecule has 2 aromatic carbocycles. The normalized spacial score (nSPS) is 12.9. The van der Waals surface area contributed by atoms with Crippen LogP contribution >= 0.6 is 0 Å². The average molecular weight is 403 g/mol. The van der Waals surface area contributed by atoms with E-state index in [1.165, 1.54) is 18.2 Å². The predicted octanol–water partition coefficient (Wildman–Crippen LogP) is 1.73. The van der Waals surface area contributed by atoms with Gasteiger partial charge in [0.25, 0.3) is 0 Å². The SMILES string of the molecule is O=C(CNS(=O)(=O)/C=C/c1ccccc1)OCC(=O)c1ccc2c(c1)OCO2. The van der Waals surface area contributed by atoms with Crippen molar-refractivity contribution in [1.82, 2.24) is 4.72 Å². The molecule has 1 N–H and O–H groups in total. The first-order valence-electron chi connectivity index (χ1n) is 8.24. The van der Waals surface area contributed by atoms with Crippen molar-refractivity contribution in [2.45, 2.75) is 0 Å². The molecule has 0 saturated heterocycles. The van der Waals surface area contributed by atoms with Crippen molar-refractivity contribution in [2.75, 3.05) is 19.9 Å². The molecule has 0 spiro atoms. The minimum absolute atomic E-state index is 0.0842. The van der Waals surface area contributed by atoms with Crippen LogP contribution in [0.5, 0.6) is 11.5 Å². The number of carbonyl (C=O) groups excluding carboxylic acids is 2. The highest BCUT2D eigenvalue weighted by Gasteiger charge is 2.17. The Kier molecular flexibility index (Phi) is 6.07. The zero-order valence-corrected chi connectivity index (χ0v) is 15.5. The monoisotopic (exact) mass is 403 g/mol. The maximum Gasteiger partial charge on any atom is 0.321 e. The van der Waals surface area contributed by atoms with Crippen LogP contribution in [0, 0.1) is 0 Å². The summed E-state index contributed by atoms with van der Waals surface area (Å²) in [5.41, 5.74) is 0.994. The Bertz CT molecular complexity index is 1000. The van der Waals surface area contributed by atoms with Gasteiger partial charge in [0, 0.05) is 11.0 Å². The Morgan fingerprint density at radius 1 is 1.07 bits per heavy atom. The lowest BCUT2D eigenvalue weighted by Gasteiger charge is -2.06. The number of carbonyl (C=O) groups is 2. The Morgan fingerprint density at radius 3 is 2.61 bits per heavy atom. The van der Waals surface area contributed by atoms with Crippen molar-refractivity contribution in [2.24, 2.45) is 0 Å². The quantitative estimate of drug-likeness (QED) is 0.528. The molecule has 0 radical (unpaired) electrons. The molecule has 146 valence electrons. The molecule has 1 heterocycles. The van der Waals surface area contributed by atoms with Gasteiger partial charge in [-0.1, -0.05) is 30.3 Å². The van der Waals surface area contributed by atoms with Gasteiger partial charge >= 0.3 is 5.97 Å². The second-order valence-electron chi connectivity index (χ2n) is 5.73. The molecule has 9 heteroatoms. The highest BCUT2D eigenvalue weighted by molar-refractivity contribution is 7.92. The van der Waals surface area contributed by atoms with Gasteiger partial charge in [-0.3, -0.25) is 9.59 Å². The lowest BCUT2D eigenvalue weighted by molar-refractivity contribution is -0.141. The average Bonchev–Trinajstić information content (AvgIpc) is 3.18. The van der Waals surface area contributed by atoms with Crippen LogP contribution in [0.3, 0.4) is 0 Å². The van der Waals surface area contributed by atoms with E-state index in [2.05, 4.69) is 4.72 Å². The fraction of sp³-hybridized carbons (Fsp3) is 0.158. The van der Waals surface area contributed by atoms with E-state index in [0.29, 0.717) is 22.6 Å². The van der Waals surface area contributed by atoms with Crippen LogP contribution in [0.25, 0.3) is 6.08 Å². The minimum Gasteiger partial charge on any atom is -0.456 e. The number of rotatable bonds is 8. The highest BCUT2D eigenvalue weighted by atomic mass is 32.2. The summed E-state index contributed by atoms with van der Waals surface area (Å²) in [5, 5.41) is 0.952. The summed E-state index contributed by atoms with van der Waals surface area (Å²) in [4.78, 5) is 23.8. The lowest BCUT2D eigenvalue weighted by atomic mass is 10.1. The summed E-state index contributed by atoms with van der Waals surface area (Å²) in [6.45, 7) is -1.02. The molecule has 2 aromatic rings. The molecule has 0 saturated carbocycles. The molecule has 28 heavy (non-hydrogen) atoms. The highest BCUT2D eigenvalue weighted by Crippen LogP contribution is 2.32. The number of hydrogen-bond acceptors (Lipinski definition) is 7. The summed E-state index contributed by atoms with van der Waals surface area (Å²) in [7, 11) is -3.82. The van der Waals surface area contributed by atoms with Crippen LogP contribution in [0.4, 0.5) is 0 Å². The lowest BCUT2D eigenvalue weighted by Crippen LogP contribution is -2.30. The molecule has 0 bridgehead atoms. The number of esters is 1. The number of fused-ring (bicyclic) bond motifs is 1. The molecule has 8 nitrogen and oxygen atoms in total. The summed E-state index contributed by atoms with van der Waals surface area (Å²) < 4.78 is 41.0. The second-order valence-corrected chi connectivity index (χ2v) is 7.38. The van der Waals surface area contributed by atoms with Gasteiger partial charge in [0.15, 0.2) is 23.9 Å². The van der Waals surface area contributed by atoms with E-state index in [1.807, 2.05) is 6.07 Å². The Labute approximate surface area is 161 Å². The molecule has 1 aliphatic rings. The molecule has 0 aliphatic carbocycles. The molecule has 0 unspecified atom stereocenters. The van der Waals surface area contributed by atoms with Crippen molar-refractivity contribution in [3.8, 4) is 11.5 Å². The Balaban J connectivity index is 1.46. The van der Waals surface area contributed by atoms with E-state index in [9.17, 15) is 18.0 Å². The van der Waals surface area contributed by atoms with Crippen molar-refractivity contribution in [3.63, 3.8) is 0 Å². The van der Waals surface area contributed by atoms with E-state index in [4.69, 9.17) is 14.2 Å². The summed E-state index contributed by atoms with van der Waals surface area (Å²) >= 11 is 0. The van der Waals surface area contributed by atoms with Crippen LogP contribution in [0.1, 0.15) is 15.9 Å². The standard InChI is InChI=1S/C19H17NO7S/c21-16(15-6-7-17-18(10-15)27-13-26-17)12-25-19(22)11-20-28(23,24)9-8-14-4-2-1-3-5-14/h1-10,20H,11-13H2/b9-8+. The smallest absolute Gasteiger partial charge is 0.321 e. The van der Waals surface area contributed by atoms with Gasteiger partial charge in [-0.15, -0.1) is 0 Å². The maximum atomic E-state index is 12.1. The van der Waals surface area contributed by atoms with E-state index in [0.717, 1.165) is 5.41 Å². The molecular weight excluding hydrogens is 386 g/mol. The van der Waals surface area contributed by atoms with E-state index in [1.54, 1.807) is 30.3 Å². The zero-order valence-electron chi connectivity index (χ0n) is 14.7. The molecular formula is C19H17NO7S. The van der Waals surface area contributed by atoms with Gasteiger partial charge in [0.2, 0.25) is 16.8 Å².